The molecule has 2 unspecified atom stereocenters. The smallest absolute Gasteiger partial charge is 0.310 e. The number of aromatic nitrogens is 1. The fourth-order valence-electron chi connectivity index (χ4n) is 2.09. The van der Waals surface area contributed by atoms with Gasteiger partial charge in [-0.2, -0.15) is 0 Å². The minimum atomic E-state index is -0.0572. The molecule has 1 aliphatic heterocycles. The number of cyclic esters (lactones) is 1. The zero-order valence-electron chi connectivity index (χ0n) is 7.06. The number of esters is 1. The lowest BCUT2D eigenvalue weighted by Crippen LogP contribution is -2.12. The normalized spacial score (nSPS) is 35.4. The molecule has 0 radical (unpaired) electrons. The van der Waals surface area contributed by atoms with Gasteiger partial charge < -0.3 is 4.74 Å². The number of hydrogen-bond acceptors (Lipinski definition) is 3. The lowest BCUT2D eigenvalue weighted by Gasteiger charge is -2.07. The molecule has 0 bridgehead atoms. The Morgan fingerprint density at radius 2 is 2.46 bits per heavy atom. The average molecular weight is 175 g/mol. The van der Waals surface area contributed by atoms with Gasteiger partial charge in [-0.05, 0) is 18.6 Å². The SMILES string of the molecule is O=C1OCC2(c3ccccn3)CC12. The van der Waals surface area contributed by atoms with Gasteiger partial charge in [-0.15, -0.1) is 0 Å². The molecule has 1 aliphatic carbocycles. The van der Waals surface area contributed by atoms with Crippen molar-refractivity contribution in [2.75, 3.05) is 6.61 Å². The number of fused-ring (bicyclic) bond motifs is 1. The van der Waals surface area contributed by atoms with Crippen LogP contribution >= 0.6 is 0 Å². The van der Waals surface area contributed by atoms with E-state index in [9.17, 15) is 4.79 Å². The fourth-order valence-corrected chi connectivity index (χ4v) is 2.09. The molecule has 3 rings (SSSR count). The summed E-state index contributed by atoms with van der Waals surface area (Å²) >= 11 is 0. The van der Waals surface area contributed by atoms with Crippen LogP contribution < -0.4 is 0 Å². The van der Waals surface area contributed by atoms with E-state index in [1.807, 2.05) is 18.2 Å². The van der Waals surface area contributed by atoms with Gasteiger partial charge in [0.15, 0.2) is 0 Å². The molecular weight excluding hydrogens is 166 g/mol. The molecule has 2 aliphatic rings. The largest absolute Gasteiger partial charge is 0.464 e. The topological polar surface area (TPSA) is 39.2 Å². The Hall–Kier alpha value is -1.38. The number of hydrogen-bond donors (Lipinski definition) is 0. The molecule has 1 saturated carbocycles. The van der Waals surface area contributed by atoms with Crippen LogP contribution in [0, 0.1) is 5.92 Å². The predicted molar refractivity (Wildman–Crippen MR) is 45.0 cm³/mol. The van der Waals surface area contributed by atoms with E-state index in [0.29, 0.717) is 6.61 Å². The van der Waals surface area contributed by atoms with Crippen molar-refractivity contribution in [2.45, 2.75) is 11.8 Å². The first-order valence-electron chi connectivity index (χ1n) is 4.41. The van der Waals surface area contributed by atoms with Gasteiger partial charge in [-0.25, -0.2) is 0 Å². The van der Waals surface area contributed by atoms with Crippen molar-refractivity contribution in [3.05, 3.63) is 30.1 Å². The van der Waals surface area contributed by atoms with Gasteiger partial charge in [0.1, 0.15) is 6.61 Å². The molecule has 3 heteroatoms. The quantitative estimate of drug-likeness (QED) is 0.595. The molecule has 0 amide bonds. The molecular formula is C10H9NO2. The standard InChI is InChI=1S/C10H9NO2/c12-9-7-5-10(7,6-13-9)8-3-1-2-4-11-8/h1-4,7H,5-6H2. The second-order valence-corrected chi connectivity index (χ2v) is 3.74. The zero-order valence-corrected chi connectivity index (χ0v) is 7.06. The van der Waals surface area contributed by atoms with Crippen molar-refractivity contribution >= 4 is 5.97 Å². The van der Waals surface area contributed by atoms with Crippen molar-refractivity contribution in [3.8, 4) is 0 Å². The highest BCUT2D eigenvalue weighted by atomic mass is 16.5. The lowest BCUT2D eigenvalue weighted by molar-refractivity contribution is -0.141. The van der Waals surface area contributed by atoms with Crippen molar-refractivity contribution in [3.63, 3.8) is 0 Å². The molecule has 0 aromatic carbocycles. The first kappa shape index (κ1) is 7.06. The van der Waals surface area contributed by atoms with Crippen LogP contribution in [-0.4, -0.2) is 17.6 Å². The zero-order chi connectivity index (χ0) is 8.89. The molecule has 1 saturated heterocycles. The molecule has 2 fully saturated rings. The van der Waals surface area contributed by atoms with Gasteiger partial charge in [0.05, 0.1) is 17.0 Å². The third-order valence-corrected chi connectivity index (χ3v) is 3.01. The summed E-state index contributed by atoms with van der Waals surface area (Å²) < 4.78 is 4.99. The van der Waals surface area contributed by atoms with Crippen LogP contribution in [0.5, 0.6) is 0 Å². The molecule has 2 atom stereocenters. The van der Waals surface area contributed by atoms with Crippen LogP contribution in [0.2, 0.25) is 0 Å². The third-order valence-electron chi connectivity index (χ3n) is 3.01. The van der Waals surface area contributed by atoms with Gasteiger partial charge in [-0.1, -0.05) is 6.07 Å². The monoisotopic (exact) mass is 175 g/mol. The second-order valence-electron chi connectivity index (χ2n) is 3.74. The highest BCUT2D eigenvalue weighted by Crippen LogP contribution is 2.58. The maximum absolute atomic E-state index is 11.1. The van der Waals surface area contributed by atoms with Crippen LogP contribution in [0.1, 0.15) is 12.1 Å². The van der Waals surface area contributed by atoms with E-state index < -0.39 is 0 Å². The first-order valence-corrected chi connectivity index (χ1v) is 4.41. The van der Waals surface area contributed by atoms with Crippen molar-refractivity contribution in [2.24, 2.45) is 5.92 Å². The van der Waals surface area contributed by atoms with E-state index in [4.69, 9.17) is 4.74 Å². The second kappa shape index (κ2) is 2.10. The van der Waals surface area contributed by atoms with E-state index >= 15 is 0 Å². The Bertz CT molecular complexity index is 362. The van der Waals surface area contributed by atoms with Gasteiger partial charge in [0.2, 0.25) is 0 Å². The van der Waals surface area contributed by atoms with E-state index in [1.165, 1.54) is 0 Å². The van der Waals surface area contributed by atoms with E-state index in [2.05, 4.69) is 4.98 Å². The summed E-state index contributed by atoms with van der Waals surface area (Å²) in [5.41, 5.74) is 0.948. The Kier molecular flexibility index (Phi) is 1.14. The third kappa shape index (κ3) is 0.789. The van der Waals surface area contributed by atoms with Crippen LogP contribution in [0.3, 0.4) is 0 Å². The maximum Gasteiger partial charge on any atom is 0.310 e. The van der Waals surface area contributed by atoms with Crippen LogP contribution in [0.4, 0.5) is 0 Å². The molecule has 0 spiro atoms. The molecule has 66 valence electrons. The number of carbonyl (C=O) groups excluding carboxylic acids is 1. The van der Waals surface area contributed by atoms with Gasteiger partial charge >= 0.3 is 5.97 Å². The van der Waals surface area contributed by atoms with E-state index in [0.717, 1.165) is 12.1 Å². The summed E-state index contributed by atoms with van der Waals surface area (Å²) in [5, 5.41) is 0. The van der Waals surface area contributed by atoms with Gasteiger partial charge in [0, 0.05) is 6.20 Å². The number of nitrogens with zero attached hydrogens (tertiary/aromatic N) is 1. The Morgan fingerprint density at radius 3 is 3.00 bits per heavy atom. The Morgan fingerprint density at radius 1 is 1.54 bits per heavy atom. The number of carbonyl (C=O) groups is 1. The average Bonchev–Trinajstić information content (AvgIpc) is 2.85. The molecule has 1 aromatic rings. The molecule has 3 nitrogen and oxygen atoms in total. The lowest BCUT2D eigenvalue weighted by atomic mass is 10.0. The predicted octanol–water partition coefficient (Wildman–Crippen LogP) is 0.896. The summed E-state index contributed by atoms with van der Waals surface area (Å²) in [4.78, 5) is 15.4. The highest BCUT2D eigenvalue weighted by molar-refractivity contribution is 5.82. The first-order chi connectivity index (χ1) is 6.33. The minimum Gasteiger partial charge on any atom is -0.464 e. The summed E-state index contributed by atoms with van der Waals surface area (Å²) in [6, 6.07) is 5.81. The number of ether oxygens (including phenoxy) is 1. The number of pyridine rings is 1. The van der Waals surface area contributed by atoms with Crippen molar-refractivity contribution < 1.29 is 9.53 Å². The van der Waals surface area contributed by atoms with Crippen molar-refractivity contribution in [1.82, 2.24) is 4.98 Å². The minimum absolute atomic E-state index is 0.0503. The van der Waals surface area contributed by atoms with Crippen LogP contribution in [-0.2, 0) is 14.9 Å². The van der Waals surface area contributed by atoms with E-state index in [-0.39, 0.29) is 17.3 Å². The Balaban J connectivity index is 2.01. The molecule has 13 heavy (non-hydrogen) atoms. The summed E-state index contributed by atoms with van der Waals surface area (Å²) in [7, 11) is 0. The fraction of sp³-hybridized carbons (Fsp3) is 0.400. The van der Waals surface area contributed by atoms with Gasteiger partial charge in [0.25, 0.3) is 0 Å². The Labute approximate surface area is 75.7 Å². The summed E-state index contributed by atoms with van der Waals surface area (Å²) in [6.07, 6.45) is 2.69. The van der Waals surface area contributed by atoms with Crippen LogP contribution in [0.15, 0.2) is 24.4 Å². The molecule has 1 aromatic heterocycles. The highest BCUT2D eigenvalue weighted by Gasteiger charge is 2.66. The summed E-state index contributed by atoms with van der Waals surface area (Å²) in [5.74, 6) is 0.0352. The molecule has 2 heterocycles. The maximum atomic E-state index is 11.1. The van der Waals surface area contributed by atoms with Gasteiger partial charge in [-0.3, -0.25) is 9.78 Å². The number of rotatable bonds is 1. The summed E-state index contributed by atoms with van der Waals surface area (Å²) in [6.45, 7) is 0.521. The van der Waals surface area contributed by atoms with E-state index in [1.54, 1.807) is 6.20 Å². The van der Waals surface area contributed by atoms with Crippen LogP contribution in [0.25, 0.3) is 0 Å². The van der Waals surface area contributed by atoms with Crippen molar-refractivity contribution in [1.29, 1.82) is 0 Å². The molecule has 0 N–H and O–H groups in total.